The van der Waals surface area contributed by atoms with E-state index in [-0.39, 0.29) is 5.75 Å². The van der Waals surface area contributed by atoms with Crippen LogP contribution >= 0.6 is 11.6 Å². The molecule has 5 heteroatoms. The van der Waals surface area contributed by atoms with Gasteiger partial charge in [-0.25, -0.2) is 0 Å². The average Bonchev–Trinajstić information content (AvgIpc) is 2.36. The summed E-state index contributed by atoms with van der Waals surface area (Å²) in [6, 6.07) is 11.2. The summed E-state index contributed by atoms with van der Waals surface area (Å²) in [6.07, 6.45) is 0.551. The minimum Gasteiger partial charge on any atom is -0.508 e. The van der Waals surface area contributed by atoms with Crippen molar-refractivity contribution in [1.29, 1.82) is 0 Å². The van der Waals surface area contributed by atoms with Crippen LogP contribution in [0.5, 0.6) is 17.2 Å². The molecule has 0 aliphatic heterocycles. The third-order valence-electron chi connectivity index (χ3n) is 2.22. The first kappa shape index (κ1) is 12.3. The Kier molecular flexibility index (Phi) is 3.69. The second kappa shape index (κ2) is 5.42. The smallest absolute Gasteiger partial charge is 0.211 e. The highest BCUT2D eigenvalue weighted by Crippen LogP contribution is 2.32. The van der Waals surface area contributed by atoms with Crippen molar-refractivity contribution in [3.8, 4) is 17.2 Å². The summed E-state index contributed by atoms with van der Waals surface area (Å²) in [5, 5.41) is 12.2. The molecule has 0 aromatic heterocycles. The Morgan fingerprint density at radius 2 is 1.89 bits per heavy atom. The largest absolute Gasteiger partial charge is 0.508 e. The van der Waals surface area contributed by atoms with Crippen LogP contribution in [0.15, 0.2) is 42.5 Å². The lowest BCUT2D eigenvalue weighted by Crippen LogP contribution is -1.96. The van der Waals surface area contributed by atoms with E-state index in [1.165, 1.54) is 12.1 Å². The van der Waals surface area contributed by atoms with Gasteiger partial charge < -0.3 is 15.2 Å². The van der Waals surface area contributed by atoms with Gasteiger partial charge in [0.15, 0.2) is 5.75 Å². The zero-order valence-electron chi connectivity index (χ0n) is 9.26. The van der Waals surface area contributed by atoms with Crippen LogP contribution in [-0.2, 0) is 4.79 Å². The minimum atomic E-state index is 0.157. The summed E-state index contributed by atoms with van der Waals surface area (Å²) in [5.41, 5.74) is 0.477. The fraction of sp³-hybridized carbons (Fsp3) is 0. The van der Waals surface area contributed by atoms with E-state index in [4.69, 9.17) is 21.4 Å². The van der Waals surface area contributed by atoms with Crippen molar-refractivity contribution in [1.82, 2.24) is 0 Å². The Balaban J connectivity index is 2.27. The summed E-state index contributed by atoms with van der Waals surface area (Å²) in [7, 11) is 0. The normalized spacial score (nSPS) is 9.83. The van der Waals surface area contributed by atoms with Gasteiger partial charge >= 0.3 is 0 Å². The molecule has 2 rings (SSSR count). The molecule has 0 fully saturated rings. The van der Waals surface area contributed by atoms with E-state index >= 15 is 0 Å². The van der Waals surface area contributed by atoms with Crippen molar-refractivity contribution < 1.29 is 14.6 Å². The number of phenolic OH excluding ortho intramolecular Hbond substituents is 1. The zero-order valence-corrected chi connectivity index (χ0v) is 10.0. The molecule has 0 bridgehead atoms. The third kappa shape index (κ3) is 2.93. The van der Waals surface area contributed by atoms with Gasteiger partial charge in [0.2, 0.25) is 6.41 Å². The van der Waals surface area contributed by atoms with E-state index in [0.717, 1.165) is 0 Å². The predicted octanol–water partition coefficient (Wildman–Crippen LogP) is 3.41. The number of carbonyl (C=O) groups is 1. The van der Waals surface area contributed by atoms with Crippen molar-refractivity contribution in [3.63, 3.8) is 0 Å². The molecule has 0 spiro atoms. The summed E-state index contributed by atoms with van der Waals surface area (Å²) in [6.45, 7) is 0. The molecule has 0 unspecified atom stereocenters. The Hall–Kier alpha value is -2.20. The summed E-state index contributed by atoms with van der Waals surface area (Å²) in [5.74, 6) is 1.17. The van der Waals surface area contributed by atoms with Crippen molar-refractivity contribution in [2.75, 3.05) is 5.32 Å². The molecule has 0 heterocycles. The quantitative estimate of drug-likeness (QED) is 0.831. The van der Waals surface area contributed by atoms with Crippen LogP contribution in [0.2, 0.25) is 5.02 Å². The number of hydrogen-bond acceptors (Lipinski definition) is 3. The highest BCUT2D eigenvalue weighted by atomic mass is 35.5. The fourth-order valence-electron chi connectivity index (χ4n) is 1.41. The first-order valence-electron chi connectivity index (χ1n) is 5.15. The van der Waals surface area contributed by atoms with E-state index in [1.54, 1.807) is 30.3 Å². The van der Waals surface area contributed by atoms with E-state index < -0.39 is 0 Å². The van der Waals surface area contributed by atoms with Crippen LogP contribution in [0.1, 0.15) is 0 Å². The Labute approximate surface area is 109 Å². The highest BCUT2D eigenvalue weighted by Gasteiger charge is 2.05. The molecule has 2 aromatic carbocycles. The number of hydrogen-bond donors (Lipinski definition) is 2. The monoisotopic (exact) mass is 263 g/mol. The highest BCUT2D eigenvalue weighted by molar-refractivity contribution is 6.31. The molecule has 0 saturated carbocycles. The first-order chi connectivity index (χ1) is 8.69. The third-order valence-corrected chi connectivity index (χ3v) is 2.46. The van der Waals surface area contributed by atoms with Crippen molar-refractivity contribution in [3.05, 3.63) is 47.5 Å². The number of amides is 1. The van der Waals surface area contributed by atoms with Gasteiger partial charge in [-0.2, -0.15) is 0 Å². The molecule has 0 aliphatic carbocycles. The molecule has 92 valence electrons. The number of anilines is 1. The fourth-order valence-corrected chi connectivity index (χ4v) is 1.58. The van der Waals surface area contributed by atoms with Crippen LogP contribution in [0.4, 0.5) is 5.69 Å². The average molecular weight is 264 g/mol. The number of ether oxygens (including phenoxy) is 1. The maximum absolute atomic E-state index is 10.5. The lowest BCUT2D eigenvalue weighted by molar-refractivity contribution is -0.105. The Morgan fingerprint density at radius 3 is 2.56 bits per heavy atom. The molecule has 2 aromatic rings. The maximum Gasteiger partial charge on any atom is 0.211 e. The van der Waals surface area contributed by atoms with Crippen molar-refractivity contribution >= 4 is 23.7 Å². The zero-order chi connectivity index (χ0) is 13.0. The van der Waals surface area contributed by atoms with Gasteiger partial charge in [-0.1, -0.05) is 11.6 Å². The molecule has 18 heavy (non-hydrogen) atoms. The molecule has 0 aliphatic rings. The second-order valence-electron chi connectivity index (χ2n) is 3.50. The number of phenols is 1. The number of benzene rings is 2. The molecular weight excluding hydrogens is 254 g/mol. The van der Waals surface area contributed by atoms with Gasteiger partial charge in [0.1, 0.15) is 11.5 Å². The van der Waals surface area contributed by atoms with Gasteiger partial charge in [0.25, 0.3) is 0 Å². The van der Waals surface area contributed by atoms with Crippen LogP contribution in [0, 0.1) is 0 Å². The molecular formula is C13H10ClNO3. The van der Waals surface area contributed by atoms with Crippen molar-refractivity contribution in [2.45, 2.75) is 0 Å². The van der Waals surface area contributed by atoms with Crippen LogP contribution < -0.4 is 10.1 Å². The van der Waals surface area contributed by atoms with E-state index in [9.17, 15) is 4.79 Å². The van der Waals surface area contributed by atoms with Gasteiger partial charge in [-0.3, -0.25) is 4.79 Å². The Morgan fingerprint density at radius 1 is 1.17 bits per heavy atom. The minimum absolute atomic E-state index is 0.157. The predicted molar refractivity (Wildman–Crippen MR) is 69.3 cm³/mol. The van der Waals surface area contributed by atoms with Gasteiger partial charge in [-0.05, 0) is 42.5 Å². The van der Waals surface area contributed by atoms with Crippen LogP contribution in [0.3, 0.4) is 0 Å². The van der Waals surface area contributed by atoms with Gasteiger partial charge in [0.05, 0.1) is 5.69 Å². The summed E-state index contributed by atoms with van der Waals surface area (Å²) in [4.78, 5) is 10.5. The number of nitrogens with one attached hydrogen (secondary N) is 1. The number of rotatable bonds is 4. The first-order valence-corrected chi connectivity index (χ1v) is 5.53. The molecule has 0 atom stereocenters. The number of aromatic hydroxyl groups is 1. The van der Waals surface area contributed by atoms with Crippen LogP contribution in [-0.4, -0.2) is 11.5 Å². The van der Waals surface area contributed by atoms with Gasteiger partial charge in [-0.15, -0.1) is 0 Å². The van der Waals surface area contributed by atoms with Crippen molar-refractivity contribution in [2.24, 2.45) is 0 Å². The van der Waals surface area contributed by atoms with E-state index in [2.05, 4.69) is 5.32 Å². The topological polar surface area (TPSA) is 58.6 Å². The SMILES string of the molecule is O=CNc1cc(Cl)ccc1Oc1ccc(O)cc1. The maximum atomic E-state index is 10.5. The summed E-state index contributed by atoms with van der Waals surface area (Å²) >= 11 is 5.83. The molecule has 0 saturated heterocycles. The molecule has 2 N–H and O–H groups in total. The molecule has 1 amide bonds. The number of halogens is 1. The summed E-state index contributed by atoms with van der Waals surface area (Å²) < 4.78 is 5.58. The standard InChI is InChI=1S/C13H10ClNO3/c14-9-1-6-13(12(7-9)15-8-16)18-11-4-2-10(17)3-5-11/h1-8,17H,(H,15,16). The second-order valence-corrected chi connectivity index (χ2v) is 3.94. The lowest BCUT2D eigenvalue weighted by Gasteiger charge is -2.10. The van der Waals surface area contributed by atoms with E-state index in [0.29, 0.717) is 28.6 Å². The van der Waals surface area contributed by atoms with E-state index in [1.807, 2.05) is 0 Å². The lowest BCUT2D eigenvalue weighted by atomic mass is 10.3. The van der Waals surface area contributed by atoms with Crippen LogP contribution in [0.25, 0.3) is 0 Å². The molecule has 4 nitrogen and oxygen atoms in total. The van der Waals surface area contributed by atoms with Gasteiger partial charge in [0, 0.05) is 5.02 Å². The Bertz CT molecular complexity index is 555. The number of carbonyl (C=O) groups excluding carboxylic acids is 1. The molecule has 0 radical (unpaired) electrons.